The van der Waals surface area contributed by atoms with Crippen LogP contribution in [-0.2, 0) is 0 Å². The van der Waals surface area contributed by atoms with Gasteiger partial charge < -0.3 is 10.1 Å². The van der Waals surface area contributed by atoms with Crippen molar-refractivity contribution in [2.75, 3.05) is 12.4 Å². The fourth-order valence-electron chi connectivity index (χ4n) is 2.96. The number of ether oxygens (including phenoxy) is 1. The summed E-state index contributed by atoms with van der Waals surface area (Å²) in [4.78, 5) is 13.0. The van der Waals surface area contributed by atoms with Crippen molar-refractivity contribution in [3.05, 3.63) is 96.4 Å². The third kappa shape index (κ3) is 4.01. The van der Waals surface area contributed by atoms with Crippen molar-refractivity contribution in [1.29, 1.82) is 0 Å². The quantitative estimate of drug-likeness (QED) is 0.528. The normalized spacial score (nSPS) is 10.6. The first-order valence-electron chi connectivity index (χ1n) is 9.01. The SMILES string of the molecule is COc1cccc(-c2cc(C(=O)Nc3ccc(F)cc3)n(-c3ccccc3)n2)c1. The number of nitrogens with one attached hydrogen (secondary N) is 1. The van der Waals surface area contributed by atoms with Gasteiger partial charge in [-0.3, -0.25) is 4.79 Å². The molecule has 3 aromatic carbocycles. The summed E-state index contributed by atoms with van der Waals surface area (Å²) >= 11 is 0. The molecule has 0 aliphatic rings. The molecule has 0 aliphatic carbocycles. The number of benzene rings is 3. The average Bonchev–Trinajstić information content (AvgIpc) is 3.22. The van der Waals surface area contributed by atoms with Gasteiger partial charge in [-0.25, -0.2) is 9.07 Å². The standard InChI is InChI=1S/C23H18FN3O2/c1-29-20-9-5-6-16(14-20)21-15-22(27(26-21)19-7-3-2-4-8-19)23(28)25-18-12-10-17(24)11-13-18/h2-15H,1H3,(H,25,28). The molecule has 144 valence electrons. The summed E-state index contributed by atoms with van der Waals surface area (Å²) in [6, 6.07) is 24.2. The number of carbonyl (C=O) groups is 1. The Morgan fingerprint density at radius 2 is 1.72 bits per heavy atom. The number of nitrogens with zero attached hydrogens (tertiary/aromatic N) is 2. The number of methoxy groups -OCH3 is 1. The van der Waals surface area contributed by atoms with Crippen LogP contribution in [0.3, 0.4) is 0 Å². The molecule has 1 amide bonds. The minimum atomic E-state index is -0.363. The lowest BCUT2D eigenvalue weighted by Crippen LogP contribution is -2.16. The van der Waals surface area contributed by atoms with Crippen LogP contribution in [0.25, 0.3) is 16.9 Å². The molecule has 5 nitrogen and oxygen atoms in total. The Hall–Kier alpha value is -3.93. The van der Waals surface area contributed by atoms with E-state index in [4.69, 9.17) is 4.74 Å². The summed E-state index contributed by atoms with van der Waals surface area (Å²) in [5, 5.41) is 7.44. The molecule has 0 bridgehead atoms. The van der Waals surface area contributed by atoms with Crippen LogP contribution in [0.1, 0.15) is 10.5 Å². The van der Waals surface area contributed by atoms with E-state index in [-0.39, 0.29) is 11.7 Å². The second kappa shape index (κ2) is 7.98. The van der Waals surface area contributed by atoms with E-state index in [0.29, 0.717) is 22.8 Å². The molecule has 1 aromatic heterocycles. The number of para-hydroxylation sites is 1. The number of hydrogen-bond acceptors (Lipinski definition) is 3. The van der Waals surface area contributed by atoms with Gasteiger partial charge in [0.15, 0.2) is 0 Å². The lowest BCUT2D eigenvalue weighted by atomic mass is 10.1. The van der Waals surface area contributed by atoms with E-state index in [9.17, 15) is 9.18 Å². The van der Waals surface area contributed by atoms with E-state index < -0.39 is 0 Å². The number of amides is 1. The van der Waals surface area contributed by atoms with Crippen molar-refractivity contribution >= 4 is 11.6 Å². The van der Waals surface area contributed by atoms with Gasteiger partial charge in [0.1, 0.15) is 17.3 Å². The van der Waals surface area contributed by atoms with Crippen LogP contribution in [0.15, 0.2) is 84.9 Å². The molecule has 0 unspecified atom stereocenters. The Morgan fingerprint density at radius 3 is 2.45 bits per heavy atom. The minimum absolute atomic E-state index is 0.345. The Kier molecular flexibility index (Phi) is 5.07. The predicted molar refractivity (Wildman–Crippen MR) is 110 cm³/mol. The number of carbonyl (C=O) groups excluding carboxylic acids is 1. The predicted octanol–water partition coefficient (Wildman–Crippen LogP) is 4.94. The van der Waals surface area contributed by atoms with Crippen LogP contribution in [0.2, 0.25) is 0 Å². The van der Waals surface area contributed by atoms with Crippen LogP contribution < -0.4 is 10.1 Å². The summed E-state index contributed by atoms with van der Waals surface area (Å²) in [5.41, 5.74) is 3.08. The Bertz CT molecular complexity index is 1140. The van der Waals surface area contributed by atoms with Crippen LogP contribution >= 0.6 is 0 Å². The first kappa shape index (κ1) is 18.4. The summed E-state index contributed by atoms with van der Waals surface area (Å²) < 4.78 is 20.0. The first-order valence-corrected chi connectivity index (χ1v) is 9.01. The fourth-order valence-corrected chi connectivity index (χ4v) is 2.96. The molecule has 4 rings (SSSR count). The van der Waals surface area contributed by atoms with E-state index in [0.717, 1.165) is 11.3 Å². The zero-order chi connectivity index (χ0) is 20.2. The van der Waals surface area contributed by atoms with Crippen molar-refractivity contribution in [1.82, 2.24) is 9.78 Å². The second-order valence-corrected chi connectivity index (χ2v) is 6.36. The number of anilines is 1. The molecule has 0 spiro atoms. The number of hydrogen-bond donors (Lipinski definition) is 1. The average molecular weight is 387 g/mol. The van der Waals surface area contributed by atoms with Gasteiger partial charge in [-0.15, -0.1) is 0 Å². The Morgan fingerprint density at radius 1 is 0.966 bits per heavy atom. The number of halogens is 1. The van der Waals surface area contributed by atoms with Gasteiger partial charge in [0.25, 0.3) is 5.91 Å². The number of aromatic nitrogens is 2. The molecule has 0 radical (unpaired) electrons. The van der Waals surface area contributed by atoms with Gasteiger partial charge in [-0.05, 0) is 54.6 Å². The fraction of sp³-hybridized carbons (Fsp3) is 0.0435. The highest BCUT2D eigenvalue weighted by atomic mass is 19.1. The maximum absolute atomic E-state index is 13.1. The highest BCUT2D eigenvalue weighted by Crippen LogP contribution is 2.25. The third-order valence-electron chi connectivity index (χ3n) is 4.41. The Labute approximate surface area is 167 Å². The zero-order valence-corrected chi connectivity index (χ0v) is 15.7. The van der Waals surface area contributed by atoms with Crippen LogP contribution in [0.5, 0.6) is 5.75 Å². The molecule has 0 atom stereocenters. The molecular formula is C23H18FN3O2. The van der Waals surface area contributed by atoms with Gasteiger partial charge in [0.05, 0.1) is 18.5 Å². The second-order valence-electron chi connectivity index (χ2n) is 6.36. The van der Waals surface area contributed by atoms with Gasteiger partial charge in [-0.2, -0.15) is 5.10 Å². The number of rotatable bonds is 5. The first-order chi connectivity index (χ1) is 14.1. The monoisotopic (exact) mass is 387 g/mol. The minimum Gasteiger partial charge on any atom is -0.497 e. The van der Waals surface area contributed by atoms with Crippen molar-refractivity contribution in [2.24, 2.45) is 0 Å². The van der Waals surface area contributed by atoms with E-state index in [1.807, 2.05) is 54.6 Å². The largest absolute Gasteiger partial charge is 0.497 e. The topological polar surface area (TPSA) is 56.1 Å². The Balaban J connectivity index is 1.75. The summed E-state index contributed by atoms with van der Waals surface area (Å²) in [7, 11) is 1.60. The summed E-state index contributed by atoms with van der Waals surface area (Å²) in [5.74, 6) is -0.00572. The van der Waals surface area contributed by atoms with E-state index >= 15 is 0 Å². The third-order valence-corrected chi connectivity index (χ3v) is 4.41. The molecule has 29 heavy (non-hydrogen) atoms. The molecule has 0 saturated carbocycles. The maximum atomic E-state index is 13.1. The van der Waals surface area contributed by atoms with Crippen LogP contribution in [0, 0.1) is 5.82 Å². The lowest BCUT2D eigenvalue weighted by molar-refractivity contribution is 0.101. The van der Waals surface area contributed by atoms with Crippen LogP contribution in [-0.4, -0.2) is 22.8 Å². The van der Waals surface area contributed by atoms with Gasteiger partial charge in [0.2, 0.25) is 0 Å². The smallest absolute Gasteiger partial charge is 0.274 e. The van der Waals surface area contributed by atoms with Gasteiger partial charge in [-0.1, -0.05) is 30.3 Å². The van der Waals surface area contributed by atoms with E-state index in [1.165, 1.54) is 24.3 Å². The molecule has 1 N–H and O–H groups in total. The molecular weight excluding hydrogens is 369 g/mol. The summed E-state index contributed by atoms with van der Waals surface area (Å²) in [6.45, 7) is 0. The van der Waals surface area contributed by atoms with Gasteiger partial charge in [0, 0.05) is 11.3 Å². The van der Waals surface area contributed by atoms with E-state index in [1.54, 1.807) is 17.9 Å². The molecule has 0 fully saturated rings. The van der Waals surface area contributed by atoms with Crippen molar-refractivity contribution < 1.29 is 13.9 Å². The molecule has 0 saturated heterocycles. The lowest BCUT2D eigenvalue weighted by Gasteiger charge is -2.08. The van der Waals surface area contributed by atoms with E-state index in [2.05, 4.69) is 10.4 Å². The van der Waals surface area contributed by atoms with Crippen molar-refractivity contribution in [2.45, 2.75) is 0 Å². The van der Waals surface area contributed by atoms with Crippen LogP contribution in [0.4, 0.5) is 10.1 Å². The van der Waals surface area contributed by atoms with Crippen molar-refractivity contribution in [3.63, 3.8) is 0 Å². The van der Waals surface area contributed by atoms with Crippen molar-refractivity contribution in [3.8, 4) is 22.7 Å². The molecule has 6 heteroatoms. The zero-order valence-electron chi connectivity index (χ0n) is 15.7. The highest BCUT2D eigenvalue weighted by Gasteiger charge is 2.18. The molecule has 0 aliphatic heterocycles. The van der Waals surface area contributed by atoms with Gasteiger partial charge >= 0.3 is 0 Å². The highest BCUT2D eigenvalue weighted by molar-refractivity contribution is 6.04. The maximum Gasteiger partial charge on any atom is 0.274 e. The molecule has 1 heterocycles. The molecule has 4 aromatic rings. The summed E-state index contributed by atoms with van der Waals surface area (Å²) in [6.07, 6.45) is 0.